The Morgan fingerprint density at radius 3 is 1.75 bits per heavy atom. The second kappa shape index (κ2) is 50.3. The number of thioether (sulfide) groups is 1. The third-order valence-electron chi connectivity index (χ3n) is 16.6. The lowest BCUT2D eigenvalue weighted by Gasteiger charge is -2.26. The number of amides is 5. The van der Waals surface area contributed by atoms with Gasteiger partial charge in [-0.1, -0.05) is 64.0 Å². The minimum Gasteiger partial charge on any atom is -0.497 e. The van der Waals surface area contributed by atoms with E-state index in [1.54, 1.807) is 25.3 Å². The Balaban J connectivity index is 0.659. The summed E-state index contributed by atoms with van der Waals surface area (Å²) in [6.45, 7) is 14.8. The van der Waals surface area contributed by atoms with Crippen LogP contribution in [0.4, 0.5) is 10.5 Å². The molecule has 0 spiro atoms. The van der Waals surface area contributed by atoms with Crippen molar-refractivity contribution in [2.75, 3.05) is 177 Å². The van der Waals surface area contributed by atoms with Gasteiger partial charge in [-0.05, 0) is 85.9 Å². The highest BCUT2D eigenvalue weighted by molar-refractivity contribution is 8.00. The Bertz CT molecular complexity index is 2690. The maximum absolute atomic E-state index is 13.7. The Hall–Kier alpha value is -6.06. The molecule has 29 heteroatoms. The topological polar surface area (TPSA) is 336 Å². The number of urea groups is 1. The van der Waals surface area contributed by atoms with Crippen LogP contribution in [0.3, 0.4) is 0 Å². The van der Waals surface area contributed by atoms with E-state index in [9.17, 15) is 33.6 Å². The van der Waals surface area contributed by atoms with E-state index in [-0.39, 0.29) is 98.8 Å². The van der Waals surface area contributed by atoms with Crippen molar-refractivity contribution in [2.45, 2.75) is 139 Å². The molecule has 2 aromatic rings. The molecule has 562 valence electrons. The van der Waals surface area contributed by atoms with Crippen molar-refractivity contribution in [2.24, 2.45) is 11.8 Å². The van der Waals surface area contributed by atoms with Crippen LogP contribution in [0.1, 0.15) is 102 Å². The van der Waals surface area contributed by atoms with Crippen molar-refractivity contribution >= 4 is 58.9 Å². The molecule has 0 saturated carbocycles. The van der Waals surface area contributed by atoms with Gasteiger partial charge in [0.1, 0.15) is 24.7 Å². The standard InChI is InChI=1S/C71H111N7O21S/c1-51(2)45-61-70(84)98-60(11-10-15-65(82)76-57(59(79)47-72-48-66(83)97-61)46-53-16-22-56(86-4)23-17-53)52(3)68-69(99-68)54-18-20-55(21-19-54)75-50-96-44-43-95-42-41-94-40-39-93-38-37-92-36-35-91-34-33-90-32-31-89-30-29-88-28-27-87-26-25-74-64(81)13-6-5-9-24-73-63(80)14-8-7-12-62-67-58(49-100-62)77-71(85)78-67/h10,15-23,51-52,57-58,60-62,67-69,72,75H,5-9,11-14,24-50H2,1-4H3,(H,73,80)(H,74,81)(H,76,82)(H2,77,78,85)/b15-10+/t52-,57?,58-,60-,61-,62-,67-,68+,69+/m0/s1. The van der Waals surface area contributed by atoms with Crippen molar-refractivity contribution in [3.8, 4) is 5.75 Å². The first-order valence-electron chi connectivity index (χ1n) is 35.5. The van der Waals surface area contributed by atoms with Gasteiger partial charge in [-0.15, -0.1) is 0 Å². The number of carbonyl (C=O) groups excluding carboxylic acids is 7. The molecule has 1 unspecified atom stereocenters. The quantitative estimate of drug-likeness (QED) is 0.0157. The van der Waals surface area contributed by atoms with Crippen LogP contribution in [0.2, 0.25) is 0 Å². The second-order valence-corrected chi connectivity index (χ2v) is 26.3. The number of unbranched alkanes of at least 4 members (excludes halogenated alkanes) is 3. The average molecular weight is 1430 g/mol. The van der Waals surface area contributed by atoms with Gasteiger partial charge in [0.2, 0.25) is 17.7 Å². The molecule has 9 atom stereocenters. The van der Waals surface area contributed by atoms with Crippen molar-refractivity contribution in [1.82, 2.24) is 31.9 Å². The molecule has 3 fully saturated rings. The number of methoxy groups -OCH3 is 1. The summed E-state index contributed by atoms with van der Waals surface area (Å²) >= 11 is 1.90. The summed E-state index contributed by atoms with van der Waals surface area (Å²) in [5.74, 6) is -0.875. The fourth-order valence-electron chi connectivity index (χ4n) is 11.1. The predicted octanol–water partition coefficient (Wildman–Crippen LogP) is 4.54. The molecule has 0 radical (unpaired) electrons. The summed E-state index contributed by atoms with van der Waals surface area (Å²) in [5, 5.41) is 21.1. The number of ether oxygens (including phenoxy) is 14. The molecule has 0 aliphatic carbocycles. The smallest absolute Gasteiger partial charge is 0.347 e. The van der Waals surface area contributed by atoms with Gasteiger partial charge in [0.05, 0.1) is 170 Å². The van der Waals surface area contributed by atoms with Crippen LogP contribution in [0.25, 0.3) is 0 Å². The van der Waals surface area contributed by atoms with Gasteiger partial charge in [-0.25, -0.2) is 9.59 Å². The number of hydrogen-bond acceptors (Lipinski definition) is 24. The van der Waals surface area contributed by atoms with Gasteiger partial charge in [0.15, 0.2) is 11.9 Å². The summed E-state index contributed by atoms with van der Waals surface area (Å²) in [6, 6.07) is 14.5. The van der Waals surface area contributed by atoms with Gasteiger partial charge in [-0.2, -0.15) is 11.8 Å². The number of carbonyl (C=O) groups is 7. The second-order valence-electron chi connectivity index (χ2n) is 25.0. The lowest BCUT2D eigenvalue weighted by Crippen LogP contribution is -2.46. The zero-order chi connectivity index (χ0) is 71.2. The van der Waals surface area contributed by atoms with Crippen LogP contribution in [0.5, 0.6) is 5.75 Å². The van der Waals surface area contributed by atoms with E-state index in [1.165, 1.54) is 6.08 Å². The first kappa shape index (κ1) is 82.9. The van der Waals surface area contributed by atoms with Crippen LogP contribution in [0, 0.1) is 11.8 Å². The number of Topliss-reactive ketones (excluding diaryl/α,β-unsaturated/α-hetero) is 1. The fraction of sp³-hybridized carbons (Fsp3) is 0.704. The van der Waals surface area contributed by atoms with Gasteiger partial charge >= 0.3 is 18.0 Å². The van der Waals surface area contributed by atoms with Crippen LogP contribution in [0.15, 0.2) is 60.7 Å². The summed E-state index contributed by atoms with van der Waals surface area (Å²) in [4.78, 5) is 89.2. The van der Waals surface area contributed by atoms with Gasteiger partial charge in [-0.3, -0.25) is 29.3 Å². The number of epoxide rings is 1. The zero-order valence-electron chi connectivity index (χ0n) is 59.0. The molecule has 100 heavy (non-hydrogen) atoms. The van der Waals surface area contributed by atoms with E-state index in [4.69, 9.17) is 66.3 Å². The number of cyclic esters (lactones) is 2. The van der Waals surface area contributed by atoms with Crippen molar-refractivity contribution in [3.05, 3.63) is 71.8 Å². The molecule has 6 rings (SSSR count). The molecule has 4 heterocycles. The lowest BCUT2D eigenvalue weighted by molar-refractivity contribution is -0.174. The highest BCUT2D eigenvalue weighted by Gasteiger charge is 2.48. The maximum Gasteiger partial charge on any atom is 0.347 e. The Labute approximate surface area is 593 Å². The van der Waals surface area contributed by atoms with Crippen molar-refractivity contribution in [3.63, 3.8) is 0 Å². The van der Waals surface area contributed by atoms with E-state index in [0.29, 0.717) is 162 Å². The highest BCUT2D eigenvalue weighted by atomic mass is 32.2. The molecule has 4 aliphatic heterocycles. The minimum atomic E-state index is -1.17. The normalized spacial score (nSPS) is 21.7. The van der Waals surface area contributed by atoms with E-state index < -0.39 is 36.1 Å². The number of anilines is 1. The summed E-state index contributed by atoms with van der Waals surface area (Å²) in [6.07, 6.45) is 7.34. The molecule has 3 saturated heterocycles. The fourth-order valence-corrected chi connectivity index (χ4v) is 12.7. The third kappa shape index (κ3) is 35.2. The number of benzene rings is 2. The largest absolute Gasteiger partial charge is 0.497 e. The Morgan fingerprint density at radius 1 is 0.610 bits per heavy atom. The summed E-state index contributed by atoms with van der Waals surface area (Å²) in [5.41, 5.74) is 2.59. The number of hydrogen-bond donors (Lipinski definition) is 7. The van der Waals surface area contributed by atoms with E-state index in [2.05, 4.69) is 37.2 Å². The van der Waals surface area contributed by atoms with Crippen molar-refractivity contribution in [1.29, 1.82) is 0 Å². The van der Waals surface area contributed by atoms with E-state index in [0.717, 1.165) is 61.1 Å². The van der Waals surface area contributed by atoms with Gasteiger partial charge in [0, 0.05) is 55.0 Å². The zero-order valence-corrected chi connectivity index (χ0v) is 59.8. The summed E-state index contributed by atoms with van der Waals surface area (Å²) < 4.78 is 78.9. The van der Waals surface area contributed by atoms with Gasteiger partial charge < -0.3 is 98.2 Å². The maximum atomic E-state index is 13.7. The average Bonchev–Trinajstić information content (AvgIpc) is 1.65. The van der Waals surface area contributed by atoms with Crippen LogP contribution in [-0.2, 0) is 96.8 Å². The molecule has 7 N–H and O–H groups in total. The Morgan fingerprint density at radius 2 is 1.17 bits per heavy atom. The number of rotatable bonds is 52. The van der Waals surface area contributed by atoms with Crippen LogP contribution in [-0.4, -0.2) is 254 Å². The molecule has 0 aromatic heterocycles. The molecule has 2 aromatic carbocycles. The van der Waals surface area contributed by atoms with Gasteiger partial charge in [0.25, 0.3) is 0 Å². The summed E-state index contributed by atoms with van der Waals surface area (Å²) in [7, 11) is 1.56. The SMILES string of the molecule is COc1ccc(CC2NC(=O)/C=C/C[C@@H]([C@H](C)[C@H]3O[C@@H]3c3ccc(NCOCCOCCOCCOCCOCCOCCOCCOCCOCCOCCNC(=O)CCCCCNC(=O)CCCC[C@@H]4SC[C@@H]5NC(=O)N[C@@H]54)cc3)OC(=O)[C@H](CC(C)C)OC(=O)CNCC2=O)cc1. The minimum absolute atomic E-state index is 0.00210. The first-order valence-corrected chi connectivity index (χ1v) is 36.5. The molecule has 4 aliphatic rings. The molecule has 28 nitrogen and oxygen atoms in total. The van der Waals surface area contributed by atoms with E-state index in [1.807, 2.05) is 68.9 Å². The van der Waals surface area contributed by atoms with E-state index >= 15 is 0 Å². The molecule has 5 amide bonds. The lowest BCUT2D eigenvalue weighted by atomic mass is 9.93. The highest BCUT2D eigenvalue weighted by Crippen LogP contribution is 2.45. The number of fused-ring (bicyclic) bond motifs is 1. The Kier molecular flexibility index (Phi) is 41.7. The predicted molar refractivity (Wildman–Crippen MR) is 373 cm³/mol. The monoisotopic (exact) mass is 1430 g/mol. The number of ketones is 1. The number of nitrogens with one attached hydrogen (secondary N) is 7. The molecular weight excluding hydrogens is 1320 g/mol. The number of esters is 2. The van der Waals surface area contributed by atoms with Crippen LogP contribution < -0.4 is 42.0 Å². The third-order valence-corrected chi connectivity index (χ3v) is 18.2. The first-order chi connectivity index (χ1) is 48.8. The van der Waals surface area contributed by atoms with Crippen LogP contribution >= 0.6 is 11.8 Å². The molecular formula is C71H111N7O21S. The van der Waals surface area contributed by atoms with Crippen molar-refractivity contribution < 1.29 is 99.9 Å². The molecule has 0 bridgehead atoms.